The predicted octanol–water partition coefficient (Wildman–Crippen LogP) is 0.812. The van der Waals surface area contributed by atoms with Gasteiger partial charge in [-0.15, -0.1) is 0 Å². The van der Waals surface area contributed by atoms with Crippen LogP contribution in [-0.2, 0) is 9.53 Å². The van der Waals surface area contributed by atoms with Gasteiger partial charge >= 0.3 is 12.0 Å². The number of urea groups is 1. The number of hydrogen-bond acceptors (Lipinski definition) is 3. The van der Waals surface area contributed by atoms with Crippen LogP contribution in [0.1, 0.15) is 32.1 Å². The highest BCUT2D eigenvalue weighted by atomic mass is 16.5. The zero-order valence-corrected chi connectivity index (χ0v) is 10.9. The monoisotopic (exact) mass is 268 g/mol. The zero-order chi connectivity index (χ0) is 13.4. The summed E-state index contributed by atoms with van der Waals surface area (Å²) >= 11 is 0. The lowest BCUT2D eigenvalue weighted by Gasteiger charge is -2.25. The van der Waals surface area contributed by atoms with Crippen molar-refractivity contribution in [3.05, 3.63) is 0 Å². The fourth-order valence-electron chi connectivity index (χ4n) is 2.80. The molecule has 2 unspecified atom stereocenters. The molecule has 2 saturated carbocycles. The Labute approximate surface area is 112 Å². The number of nitrogens with one attached hydrogen (secondary N) is 1. The Hall–Kier alpha value is -1.30. The van der Waals surface area contributed by atoms with E-state index in [2.05, 4.69) is 5.32 Å². The molecule has 3 aliphatic rings. The summed E-state index contributed by atoms with van der Waals surface area (Å²) in [5, 5.41) is 11.8. The SMILES string of the molecule is O=C(O)CN(C(=O)NC1CCOC1C1CC1)C1CC1. The first-order valence-electron chi connectivity index (χ1n) is 7.05. The van der Waals surface area contributed by atoms with E-state index in [9.17, 15) is 9.59 Å². The molecule has 0 spiro atoms. The van der Waals surface area contributed by atoms with E-state index in [1.807, 2.05) is 0 Å². The van der Waals surface area contributed by atoms with Crippen molar-refractivity contribution in [1.82, 2.24) is 10.2 Å². The van der Waals surface area contributed by atoms with E-state index in [1.54, 1.807) is 0 Å². The van der Waals surface area contributed by atoms with Crippen LogP contribution in [-0.4, -0.2) is 53.3 Å². The summed E-state index contributed by atoms with van der Waals surface area (Å²) in [6, 6.07) is -0.0844. The third-order valence-corrected chi connectivity index (χ3v) is 4.09. The van der Waals surface area contributed by atoms with Crippen molar-refractivity contribution in [2.45, 2.75) is 50.3 Å². The largest absolute Gasteiger partial charge is 0.480 e. The van der Waals surface area contributed by atoms with Crippen LogP contribution in [0, 0.1) is 5.92 Å². The highest BCUT2D eigenvalue weighted by molar-refractivity contribution is 5.81. The maximum absolute atomic E-state index is 12.2. The van der Waals surface area contributed by atoms with Crippen LogP contribution in [0.15, 0.2) is 0 Å². The Morgan fingerprint density at radius 2 is 1.95 bits per heavy atom. The third-order valence-electron chi connectivity index (χ3n) is 4.09. The molecule has 1 saturated heterocycles. The molecule has 2 aliphatic carbocycles. The molecule has 19 heavy (non-hydrogen) atoms. The van der Waals surface area contributed by atoms with Gasteiger partial charge in [-0.05, 0) is 38.0 Å². The average molecular weight is 268 g/mol. The van der Waals surface area contributed by atoms with Gasteiger partial charge in [-0.1, -0.05) is 0 Å². The summed E-state index contributed by atoms with van der Waals surface area (Å²) in [4.78, 5) is 24.5. The Kier molecular flexibility index (Phi) is 3.35. The van der Waals surface area contributed by atoms with E-state index in [-0.39, 0.29) is 30.8 Å². The van der Waals surface area contributed by atoms with Crippen molar-refractivity contribution in [3.8, 4) is 0 Å². The average Bonchev–Trinajstić information content (AvgIpc) is 3.26. The highest BCUT2D eigenvalue weighted by Crippen LogP contribution is 2.39. The number of carboxylic acid groups (broad SMARTS) is 1. The summed E-state index contributed by atoms with van der Waals surface area (Å²) in [6.07, 6.45) is 5.15. The van der Waals surface area contributed by atoms with Crippen molar-refractivity contribution in [2.24, 2.45) is 5.92 Å². The van der Waals surface area contributed by atoms with E-state index in [4.69, 9.17) is 9.84 Å². The highest BCUT2D eigenvalue weighted by Gasteiger charge is 2.42. The molecule has 0 aromatic rings. The quantitative estimate of drug-likeness (QED) is 0.773. The molecule has 0 aromatic carbocycles. The van der Waals surface area contributed by atoms with Crippen LogP contribution in [0.25, 0.3) is 0 Å². The number of aliphatic carboxylic acids is 1. The van der Waals surface area contributed by atoms with Gasteiger partial charge in [0.1, 0.15) is 6.54 Å². The molecule has 2 atom stereocenters. The molecular weight excluding hydrogens is 248 g/mol. The first-order valence-corrected chi connectivity index (χ1v) is 7.05. The van der Waals surface area contributed by atoms with E-state index in [1.165, 1.54) is 17.7 Å². The standard InChI is InChI=1S/C13H20N2O4/c16-11(17)7-15(9-3-4-9)13(18)14-10-5-6-19-12(10)8-1-2-8/h8-10,12H,1-7H2,(H,14,18)(H,16,17). The van der Waals surface area contributed by atoms with Gasteiger partial charge < -0.3 is 20.1 Å². The lowest BCUT2D eigenvalue weighted by molar-refractivity contribution is -0.137. The summed E-state index contributed by atoms with van der Waals surface area (Å²) in [5.74, 6) is -0.370. The molecule has 6 heteroatoms. The van der Waals surface area contributed by atoms with Crippen LogP contribution < -0.4 is 5.32 Å². The minimum atomic E-state index is -0.955. The topological polar surface area (TPSA) is 78.9 Å². The second-order valence-electron chi connectivity index (χ2n) is 5.77. The van der Waals surface area contributed by atoms with Gasteiger partial charge in [0.15, 0.2) is 0 Å². The van der Waals surface area contributed by atoms with E-state index in [0.29, 0.717) is 12.5 Å². The number of carboxylic acids is 1. The number of carbonyl (C=O) groups excluding carboxylic acids is 1. The molecule has 1 aliphatic heterocycles. The van der Waals surface area contributed by atoms with Crippen molar-refractivity contribution >= 4 is 12.0 Å². The molecule has 0 bridgehead atoms. The first kappa shape index (κ1) is 12.7. The second kappa shape index (κ2) is 5.00. The number of amides is 2. The maximum atomic E-state index is 12.2. The van der Waals surface area contributed by atoms with E-state index < -0.39 is 5.97 Å². The molecule has 2 amide bonds. The van der Waals surface area contributed by atoms with Gasteiger partial charge in [0.25, 0.3) is 0 Å². The van der Waals surface area contributed by atoms with Crippen molar-refractivity contribution in [1.29, 1.82) is 0 Å². The lowest BCUT2D eigenvalue weighted by atomic mass is 10.1. The lowest BCUT2D eigenvalue weighted by Crippen LogP contribution is -2.50. The molecule has 3 rings (SSSR count). The molecule has 106 valence electrons. The molecule has 0 radical (unpaired) electrons. The molecule has 1 heterocycles. The zero-order valence-electron chi connectivity index (χ0n) is 10.9. The van der Waals surface area contributed by atoms with Gasteiger partial charge in [0.2, 0.25) is 0 Å². The Balaban J connectivity index is 1.57. The minimum Gasteiger partial charge on any atom is -0.480 e. The van der Waals surface area contributed by atoms with Crippen molar-refractivity contribution < 1.29 is 19.4 Å². The third kappa shape index (κ3) is 3.00. The van der Waals surface area contributed by atoms with Crippen LogP contribution in [0.2, 0.25) is 0 Å². The molecular formula is C13H20N2O4. The molecule has 6 nitrogen and oxygen atoms in total. The van der Waals surface area contributed by atoms with Gasteiger partial charge in [-0.2, -0.15) is 0 Å². The number of hydrogen-bond donors (Lipinski definition) is 2. The van der Waals surface area contributed by atoms with E-state index >= 15 is 0 Å². The fraction of sp³-hybridized carbons (Fsp3) is 0.846. The number of nitrogens with zero attached hydrogens (tertiary/aromatic N) is 1. The summed E-state index contributed by atoms with van der Waals surface area (Å²) in [5.41, 5.74) is 0. The van der Waals surface area contributed by atoms with Crippen molar-refractivity contribution in [2.75, 3.05) is 13.2 Å². The minimum absolute atomic E-state index is 0.0510. The first-order chi connectivity index (χ1) is 9.15. The van der Waals surface area contributed by atoms with Gasteiger partial charge in [-0.25, -0.2) is 4.79 Å². The van der Waals surface area contributed by atoms with Crippen LogP contribution in [0.5, 0.6) is 0 Å². The van der Waals surface area contributed by atoms with Gasteiger partial charge in [0, 0.05) is 12.6 Å². The number of ether oxygens (including phenoxy) is 1. The fourth-order valence-corrected chi connectivity index (χ4v) is 2.80. The van der Waals surface area contributed by atoms with Gasteiger partial charge in [0.05, 0.1) is 12.1 Å². The summed E-state index contributed by atoms with van der Waals surface area (Å²) in [6.45, 7) is 0.479. The number of rotatable bonds is 5. The smallest absolute Gasteiger partial charge is 0.323 e. The normalized spacial score (nSPS) is 30.1. The van der Waals surface area contributed by atoms with Crippen LogP contribution in [0.3, 0.4) is 0 Å². The van der Waals surface area contributed by atoms with Crippen LogP contribution in [0.4, 0.5) is 4.79 Å². The Morgan fingerprint density at radius 1 is 1.21 bits per heavy atom. The van der Waals surface area contributed by atoms with Crippen molar-refractivity contribution in [3.63, 3.8) is 0 Å². The molecule has 0 aromatic heterocycles. The Bertz CT molecular complexity index is 379. The Morgan fingerprint density at radius 3 is 2.53 bits per heavy atom. The number of carbonyl (C=O) groups is 2. The van der Waals surface area contributed by atoms with Gasteiger partial charge in [-0.3, -0.25) is 4.79 Å². The maximum Gasteiger partial charge on any atom is 0.323 e. The van der Waals surface area contributed by atoms with E-state index in [0.717, 1.165) is 19.3 Å². The summed E-state index contributed by atoms with van der Waals surface area (Å²) in [7, 11) is 0. The second-order valence-corrected chi connectivity index (χ2v) is 5.77. The molecule has 2 N–H and O–H groups in total. The predicted molar refractivity (Wildman–Crippen MR) is 66.8 cm³/mol. The summed E-state index contributed by atoms with van der Waals surface area (Å²) < 4.78 is 5.68. The van der Waals surface area contributed by atoms with Crippen LogP contribution >= 0.6 is 0 Å². The molecule has 3 fully saturated rings.